The molecule has 4 aromatic rings. The molecule has 0 spiro atoms. The number of nitrogens with zero attached hydrogens (tertiary/aromatic N) is 4. The molecule has 0 fully saturated rings. The van der Waals surface area contributed by atoms with Crippen molar-refractivity contribution in [3.05, 3.63) is 131 Å². The van der Waals surface area contributed by atoms with Crippen molar-refractivity contribution in [1.82, 2.24) is 15.3 Å². The van der Waals surface area contributed by atoms with Crippen molar-refractivity contribution < 1.29 is 9.53 Å². The number of pyridine rings is 1. The largest absolute Gasteiger partial charge is 0.461 e. The smallest absolute Gasteiger partial charge is 0.251 e. The van der Waals surface area contributed by atoms with E-state index < -0.39 is 6.23 Å². The van der Waals surface area contributed by atoms with Gasteiger partial charge in [0.05, 0.1) is 23.4 Å². The number of ether oxygens (including phenoxy) is 1. The van der Waals surface area contributed by atoms with Gasteiger partial charge in [-0.25, -0.2) is 5.01 Å². The number of nitriles is 1. The maximum atomic E-state index is 13.5. The first-order valence-electron chi connectivity index (χ1n) is 13.5. The highest BCUT2D eigenvalue weighted by Gasteiger charge is 2.43. The number of ketones is 1. The van der Waals surface area contributed by atoms with Crippen LogP contribution < -0.4 is 10.1 Å². The molecule has 2 aliphatic rings. The van der Waals surface area contributed by atoms with Crippen molar-refractivity contribution in [3.8, 4) is 11.8 Å². The van der Waals surface area contributed by atoms with E-state index in [1.807, 2.05) is 48.8 Å². The SMILES string of the molecule is N#Cc1ccc(C(=O)C2Oc3ccccc3C3CC(c4ccc(CCCNCc5ccncc5)cc4)=NN23)cc1. The topological polar surface area (TPSA) is 90.6 Å². The molecule has 0 saturated heterocycles. The van der Waals surface area contributed by atoms with Crippen LogP contribution in [0.1, 0.15) is 57.1 Å². The molecule has 6 rings (SSSR count). The van der Waals surface area contributed by atoms with E-state index in [9.17, 15) is 4.79 Å². The van der Waals surface area contributed by atoms with Crippen LogP contribution in [0.25, 0.3) is 0 Å². The minimum absolute atomic E-state index is 0.0848. The van der Waals surface area contributed by atoms with Crippen molar-refractivity contribution in [1.29, 1.82) is 5.26 Å². The van der Waals surface area contributed by atoms with E-state index in [4.69, 9.17) is 15.1 Å². The van der Waals surface area contributed by atoms with Crippen LogP contribution in [-0.2, 0) is 13.0 Å². The standard InChI is InChI=1S/C33H29N5O2/c34-21-24-9-13-27(14-10-24)32(39)33-38-30(28-5-1-2-6-31(28)40-33)20-29(37-38)26-11-7-23(8-12-26)4-3-17-36-22-25-15-18-35-19-16-25/h1-2,5-16,18-19,30,33,36H,3-4,17,20,22H2. The van der Waals surface area contributed by atoms with Crippen LogP contribution in [0.15, 0.2) is 102 Å². The van der Waals surface area contributed by atoms with Gasteiger partial charge in [-0.3, -0.25) is 9.78 Å². The van der Waals surface area contributed by atoms with Gasteiger partial charge in [-0.2, -0.15) is 10.4 Å². The number of hydrogen-bond donors (Lipinski definition) is 1. The van der Waals surface area contributed by atoms with E-state index in [1.54, 1.807) is 29.3 Å². The van der Waals surface area contributed by atoms with Gasteiger partial charge in [-0.05, 0) is 78.5 Å². The second-order valence-electron chi connectivity index (χ2n) is 10.0. The first-order valence-corrected chi connectivity index (χ1v) is 13.5. The number of carbonyl (C=O) groups excluding carboxylic acids is 1. The Kier molecular flexibility index (Phi) is 7.34. The average Bonchev–Trinajstić information content (AvgIpc) is 3.47. The molecular weight excluding hydrogens is 498 g/mol. The summed E-state index contributed by atoms with van der Waals surface area (Å²) in [6, 6.07) is 29.2. The summed E-state index contributed by atoms with van der Waals surface area (Å²) in [5.41, 5.74) is 6.54. The summed E-state index contributed by atoms with van der Waals surface area (Å²) in [5, 5.41) is 19.3. The van der Waals surface area contributed by atoms with E-state index in [1.165, 1.54) is 11.1 Å². The zero-order valence-corrected chi connectivity index (χ0v) is 22.0. The molecule has 7 heteroatoms. The number of para-hydroxylation sites is 1. The summed E-state index contributed by atoms with van der Waals surface area (Å²) >= 11 is 0. The van der Waals surface area contributed by atoms with Crippen LogP contribution in [0.2, 0.25) is 0 Å². The Hall–Kier alpha value is -4.80. The van der Waals surface area contributed by atoms with Gasteiger partial charge < -0.3 is 10.1 Å². The maximum Gasteiger partial charge on any atom is 0.251 e. The lowest BCUT2D eigenvalue weighted by Gasteiger charge is -2.37. The van der Waals surface area contributed by atoms with Gasteiger partial charge in [-0.1, -0.05) is 42.5 Å². The number of Topliss-reactive ketones (excluding diaryl/α,β-unsaturated/α-hetero) is 1. The molecule has 0 saturated carbocycles. The van der Waals surface area contributed by atoms with E-state index >= 15 is 0 Å². The summed E-state index contributed by atoms with van der Waals surface area (Å²) in [6.45, 7) is 1.79. The zero-order chi connectivity index (χ0) is 27.3. The zero-order valence-electron chi connectivity index (χ0n) is 22.0. The lowest BCUT2D eigenvalue weighted by atomic mass is 9.95. The first-order chi connectivity index (χ1) is 19.7. The van der Waals surface area contributed by atoms with Crippen LogP contribution in [0, 0.1) is 11.3 Å². The molecular formula is C33H29N5O2. The minimum atomic E-state index is -0.871. The lowest BCUT2D eigenvalue weighted by Crippen LogP contribution is -2.45. The fourth-order valence-corrected chi connectivity index (χ4v) is 5.25. The van der Waals surface area contributed by atoms with Crippen LogP contribution in [0.3, 0.4) is 0 Å². The number of nitrogens with one attached hydrogen (secondary N) is 1. The highest BCUT2D eigenvalue weighted by molar-refractivity contribution is 6.03. The number of aromatic nitrogens is 1. The van der Waals surface area contributed by atoms with Crippen LogP contribution >= 0.6 is 0 Å². The third-order valence-electron chi connectivity index (χ3n) is 7.41. The Morgan fingerprint density at radius 3 is 2.52 bits per heavy atom. The summed E-state index contributed by atoms with van der Waals surface area (Å²) in [4.78, 5) is 17.6. The van der Waals surface area contributed by atoms with Gasteiger partial charge in [0.25, 0.3) is 6.23 Å². The van der Waals surface area contributed by atoms with Crippen LogP contribution in [0.5, 0.6) is 5.75 Å². The number of rotatable bonds is 9. The molecule has 0 amide bonds. The monoisotopic (exact) mass is 527 g/mol. The summed E-state index contributed by atoms with van der Waals surface area (Å²) in [5.74, 6) is 0.530. The number of carbonyl (C=O) groups is 1. The van der Waals surface area contributed by atoms with Crippen LogP contribution in [-0.4, -0.2) is 34.3 Å². The molecule has 2 atom stereocenters. The molecule has 0 bridgehead atoms. The second-order valence-corrected chi connectivity index (χ2v) is 10.0. The fraction of sp³-hybridized carbons (Fsp3) is 0.212. The van der Waals surface area contributed by atoms with E-state index in [2.05, 4.69) is 40.6 Å². The molecule has 1 aromatic heterocycles. The average molecular weight is 528 g/mol. The quantitative estimate of drug-likeness (QED) is 0.231. The fourth-order valence-electron chi connectivity index (χ4n) is 5.25. The predicted molar refractivity (Wildman–Crippen MR) is 153 cm³/mol. The molecule has 40 heavy (non-hydrogen) atoms. The summed E-state index contributed by atoms with van der Waals surface area (Å²) in [6.07, 6.45) is 5.50. The van der Waals surface area contributed by atoms with Gasteiger partial charge in [0.15, 0.2) is 0 Å². The minimum Gasteiger partial charge on any atom is -0.461 e. The number of fused-ring (bicyclic) bond motifs is 3. The van der Waals surface area contributed by atoms with Crippen molar-refractivity contribution in [2.24, 2.45) is 5.10 Å². The number of hydrogen-bond acceptors (Lipinski definition) is 7. The predicted octanol–water partition coefficient (Wildman–Crippen LogP) is 5.43. The first kappa shape index (κ1) is 25.5. The van der Waals surface area contributed by atoms with E-state index in [0.717, 1.165) is 42.8 Å². The Balaban J connectivity index is 1.14. The number of benzene rings is 3. The van der Waals surface area contributed by atoms with Gasteiger partial charge in [0.1, 0.15) is 5.75 Å². The molecule has 2 unspecified atom stereocenters. The summed E-state index contributed by atoms with van der Waals surface area (Å²) < 4.78 is 6.21. The van der Waals surface area contributed by atoms with Crippen molar-refractivity contribution in [3.63, 3.8) is 0 Å². The Morgan fingerprint density at radius 1 is 0.975 bits per heavy atom. The second kappa shape index (κ2) is 11.5. The molecule has 0 aliphatic carbocycles. The third kappa shape index (κ3) is 5.35. The number of aryl methyl sites for hydroxylation is 1. The molecule has 3 heterocycles. The summed E-state index contributed by atoms with van der Waals surface area (Å²) in [7, 11) is 0. The van der Waals surface area contributed by atoms with Gasteiger partial charge in [-0.15, -0.1) is 0 Å². The highest BCUT2D eigenvalue weighted by atomic mass is 16.5. The normalized spacial score (nSPS) is 17.3. The Bertz CT molecular complexity index is 1560. The third-order valence-corrected chi connectivity index (χ3v) is 7.41. The number of hydrazone groups is 1. The Morgan fingerprint density at radius 2 is 1.75 bits per heavy atom. The molecule has 1 N–H and O–H groups in total. The van der Waals surface area contributed by atoms with Gasteiger partial charge in [0, 0.05) is 36.5 Å². The molecule has 198 valence electrons. The highest BCUT2D eigenvalue weighted by Crippen LogP contribution is 2.43. The maximum absolute atomic E-state index is 13.5. The van der Waals surface area contributed by atoms with Crippen molar-refractivity contribution >= 4 is 11.5 Å². The Labute approximate surface area is 233 Å². The molecule has 7 nitrogen and oxygen atoms in total. The molecule has 3 aromatic carbocycles. The van der Waals surface area contributed by atoms with Crippen LogP contribution in [0.4, 0.5) is 0 Å². The van der Waals surface area contributed by atoms with Gasteiger partial charge >= 0.3 is 0 Å². The lowest BCUT2D eigenvalue weighted by molar-refractivity contribution is -0.00455. The van der Waals surface area contributed by atoms with Gasteiger partial charge in [0.2, 0.25) is 5.78 Å². The molecule has 2 aliphatic heterocycles. The van der Waals surface area contributed by atoms with E-state index in [0.29, 0.717) is 23.3 Å². The molecule has 0 radical (unpaired) electrons. The van der Waals surface area contributed by atoms with Crippen molar-refractivity contribution in [2.45, 2.75) is 38.1 Å². The van der Waals surface area contributed by atoms with E-state index in [-0.39, 0.29) is 11.8 Å². The van der Waals surface area contributed by atoms with Crippen molar-refractivity contribution in [2.75, 3.05) is 6.54 Å².